The van der Waals surface area contributed by atoms with Gasteiger partial charge in [0.1, 0.15) is 11.1 Å². The molecule has 0 aliphatic carbocycles. The number of ketones is 1. The van der Waals surface area contributed by atoms with Gasteiger partial charge in [0.25, 0.3) is 11.5 Å². The summed E-state index contributed by atoms with van der Waals surface area (Å²) in [5, 5.41) is 2.22. The molecule has 1 N–H and O–H groups in total. The normalized spacial score (nSPS) is 12.1. The van der Waals surface area contributed by atoms with E-state index in [9.17, 15) is 4.79 Å². The number of pyridine rings is 1. The zero-order valence-corrected chi connectivity index (χ0v) is 15.6. The number of aromatic amines is 1. The molecule has 134 valence electrons. The van der Waals surface area contributed by atoms with E-state index in [1.54, 1.807) is 0 Å². The number of H-pyrrole nitrogens is 1. The molecule has 0 saturated carbocycles. The summed E-state index contributed by atoms with van der Waals surface area (Å²) < 4.78 is 1.99. The molecule has 0 spiro atoms. The summed E-state index contributed by atoms with van der Waals surface area (Å²) in [5.74, 6) is 0.0750. The molecule has 3 nitrogen and oxygen atoms in total. The van der Waals surface area contributed by atoms with Crippen LogP contribution in [0.25, 0.3) is 38.6 Å². The predicted octanol–water partition coefficient (Wildman–Crippen LogP) is 1.81. The van der Waals surface area contributed by atoms with Crippen molar-refractivity contribution >= 4 is 27.6 Å². The fourth-order valence-electron chi connectivity index (χ4n) is 4.15. The van der Waals surface area contributed by atoms with Gasteiger partial charge in [0.15, 0.2) is 6.20 Å². The average molecular weight is 383 g/mol. The lowest BCUT2D eigenvalue weighted by molar-refractivity contribution is -0.592. The maximum atomic E-state index is 13.0. The molecule has 6 rings (SSSR count). The first-order valence-corrected chi connectivity index (χ1v) is 9.01. The van der Waals surface area contributed by atoms with Crippen molar-refractivity contribution in [2.45, 2.75) is 0 Å². The number of para-hydroxylation sites is 1. The summed E-state index contributed by atoms with van der Waals surface area (Å²) in [6.45, 7) is 0. The number of halogens is 1. The van der Waals surface area contributed by atoms with Gasteiger partial charge in [0.2, 0.25) is 5.69 Å². The maximum Gasteiger partial charge on any atom is 0.284 e. The van der Waals surface area contributed by atoms with Crippen LogP contribution < -0.4 is 17.0 Å². The molecule has 0 bridgehead atoms. The van der Waals surface area contributed by atoms with Gasteiger partial charge < -0.3 is 17.4 Å². The van der Waals surface area contributed by atoms with E-state index in [4.69, 9.17) is 0 Å². The number of hydrogen-bond acceptors (Lipinski definition) is 1. The Balaban J connectivity index is 0.00000171. The highest BCUT2D eigenvalue weighted by Crippen LogP contribution is 2.33. The van der Waals surface area contributed by atoms with E-state index in [1.165, 1.54) is 11.1 Å². The van der Waals surface area contributed by atoms with Crippen molar-refractivity contribution in [2.75, 3.05) is 0 Å². The molecule has 3 heterocycles. The third-order valence-corrected chi connectivity index (χ3v) is 5.44. The maximum absolute atomic E-state index is 13.0. The van der Waals surface area contributed by atoms with Gasteiger partial charge in [0, 0.05) is 28.4 Å². The van der Waals surface area contributed by atoms with E-state index in [2.05, 4.69) is 41.4 Å². The number of fused-ring (bicyclic) bond motifs is 7. The van der Waals surface area contributed by atoms with Crippen molar-refractivity contribution in [1.82, 2.24) is 4.98 Å². The van der Waals surface area contributed by atoms with Crippen molar-refractivity contribution in [3.05, 3.63) is 96.3 Å². The average Bonchev–Trinajstić information content (AvgIpc) is 3.24. The lowest BCUT2D eigenvalue weighted by Gasteiger charge is -2.01. The van der Waals surface area contributed by atoms with Crippen LogP contribution >= 0.6 is 0 Å². The van der Waals surface area contributed by atoms with Gasteiger partial charge in [-0.3, -0.25) is 4.79 Å². The molecular formula is C24H15ClN2O. The summed E-state index contributed by atoms with van der Waals surface area (Å²) in [6.07, 6.45) is 2.00. The van der Waals surface area contributed by atoms with Crippen LogP contribution in [0.2, 0.25) is 0 Å². The van der Waals surface area contributed by atoms with E-state index in [1.807, 2.05) is 53.2 Å². The highest BCUT2D eigenvalue weighted by molar-refractivity contribution is 6.20. The van der Waals surface area contributed by atoms with E-state index in [-0.39, 0.29) is 18.2 Å². The van der Waals surface area contributed by atoms with E-state index < -0.39 is 0 Å². The quantitative estimate of drug-likeness (QED) is 0.433. The van der Waals surface area contributed by atoms with Crippen molar-refractivity contribution in [3.63, 3.8) is 0 Å². The second-order valence-electron chi connectivity index (χ2n) is 6.92. The number of carbonyl (C=O) groups excluding carboxylic acids is 1. The van der Waals surface area contributed by atoms with Crippen LogP contribution in [0.3, 0.4) is 0 Å². The molecule has 1 aliphatic heterocycles. The van der Waals surface area contributed by atoms with Crippen molar-refractivity contribution in [1.29, 1.82) is 0 Å². The van der Waals surface area contributed by atoms with Crippen LogP contribution in [-0.4, -0.2) is 10.8 Å². The topological polar surface area (TPSA) is 36.7 Å². The smallest absolute Gasteiger partial charge is 0.284 e. The van der Waals surface area contributed by atoms with Crippen LogP contribution in [-0.2, 0) is 0 Å². The van der Waals surface area contributed by atoms with Gasteiger partial charge in [-0.25, -0.2) is 0 Å². The van der Waals surface area contributed by atoms with Crippen molar-refractivity contribution in [2.24, 2.45) is 0 Å². The molecule has 0 atom stereocenters. The highest BCUT2D eigenvalue weighted by Gasteiger charge is 2.37. The molecule has 0 fully saturated rings. The molecule has 28 heavy (non-hydrogen) atoms. The summed E-state index contributed by atoms with van der Waals surface area (Å²) >= 11 is 0. The second-order valence-corrected chi connectivity index (χ2v) is 6.92. The fourth-order valence-corrected chi connectivity index (χ4v) is 4.15. The Labute approximate surface area is 167 Å². The Bertz CT molecular complexity index is 1390. The van der Waals surface area contributed by atoms with E-state index in [0.29, 0.717) is 5.69 Å². The van der Waals surface area contributed by atoms with E-state index in [0.717, 1.165) is 33.1 Å². The molecule has 0 amide bonds. The van der Waals surface area contributed by atoms with Gasteiger partial charge >= 0.3 is 0 Å². The Kier molecular flexibility index (Phi) is 3.61. The Morgan fingerprint density at radius 1 is 0.750 bits per heavy atom. The van der Waals surface area contributed by atoms with Crippen LogP contribution in [0.1, 0.15) is 16.1 Å². The largest absolute Gasteiger partial charge is 1.00 e. The number of nitrogens with zero attached hydrogens (tertiary/aromatic N) is 1. The van der Waals surface area contributed by atoms with Crippen molar-refractivity contribution in [3.8, 4) is 16.8 Å². The van der Waals surface area contributed by atoms with Gasteiger partial charge in [0.05, 0.1) is 0 Å². The molecule has 0 radical (unpaired) electrons. The van der Waals surface area contributed by atoms with Crippen LogP contribution in [0, 0.1) is 0 Å². The summed E-state index contributed by atoms with van der Waals surface area (Å²) in [7, 11) is 0. The van der Waals surface area contributed by atoms with Gasteiger partial charge in [-0.15, -0.1) is 0 Å². The summed E-state index contributed by atoms with van der Waals surface area (Å²) in [4.78, 5) is 16.5. The number of hydrogen-bond donors (Lipinski definition) is 1. The third kappa shape index (κ3) is 2.17. The second kappa shape index (κ2) is 6.04. The Morgan fingerprint density at radius 2 is 1.54 bits per heavy atom. The standard InChI is InChI=1S/C24H14N2O.ClH/c27-24-18-8-4-5-9-21(18)26-13-12-17-19-14-16(15-6-2-1-3-7-15)10-11-20(19)25-22(17)23(24)26;/h1-14H;1H. The minimum absolute atomic E-state index is 0. The van der Waals surface area contributed by atoms with Crippen LogP contribution in [0.5, 0.6) is 0 Å². The van der Waals surface area contributed by atoms with Gasteiger partial charge in [-0.1, -0.05) is 48.5 Å². The van der Waals surface area contributed by atoms with Gasteiger partial charge in [-0.2, -0.15) is 4.57 Å². The van der Waals surface area contributed by atoms with Gasteiger partial charge in [-0.05, 0) is 29.3 Å². The minimum Gasteiger partial charge on any atom is -1.00 e. The molecule has 5 aromatic rings. The number of carbonyl (C=O) groups is 1. The Morgan fingerprint density at radius 3 is 2.39 bits per heavy atom. The molecule has 3 aromatic carbocycles. The SMILES string of the molecule is O=C1c2ccccc2-[n+]2ccc3c([nH]c4ccc(-c5ccccc5)cc43)c21.[Cl-]. The number of aromatic nitrogens is 2. The monoisotopic (exact) mass is 382 g/mol. The Hall–Kier alpha value is -3.43. The number of rotatable bonds is 1. The molecule has 0 unspecified atom stereocenters. The molecule has 2 aromatic heterocycles. The lowest BCUT2D eigenvalue weighted by atomic mass is 10.0. The minimum atomic E-state index is 0. The van der Waals surface area contributed by atoms with Crippen LogP contribution in [0.4, 0.5) is 0 Å². The molecule has 4 heteroatoms. The lowest BCUT2D eigenvalue weighted by Crippen LogP contribution is -3.00. The molecular weight excluding hydrogens is 368 g/mol. The first-order chi connectivity index (χ1) is 13.3. The molecule has 1 aliphatic rings. The summed E-state index contributed by atoms with van der Waals surface area (Å²) in [6, 6.07) is 26.6. The summed E-state index contributed by atoms with van der Waals surface area (Å²) in [5.41, 5.74) is 6.73. The zero-order valence-electron chi connectivity index (χ0n) is 14.8. The zero-order chi connectivity index (χ0) is 18.0. The third-order valence-electron chi connectivity index (χ3n) is 5.44. The number of benzene rings is 3. The van der Waals surface area contributed by atoms with E-state index >= 15 is 0 Å². The molecule has 0 saturated heterocycles. The fraction of sp³-hybridized carbons (Fsp3) is 0. The first kappa shape index (κ1) is 16.7. The first-order valence-electron chi connectivity index (χ1n) is 9.01. The van der Waals surface area contributed by atoms with Crippen LogP contribution in [0.15, 0.2) is 85.1 Å². The number of nitrogens with one attached hydrogen (secondary N) is 1. The predicted molar refractivity (Wildman–Crippen MR) is 106 cm³/mol. The van der Waals surface area contributed by atoms with Crippen molar-refractivity contribution < 1.29 is 21.8 Å². The highest BCUT2D eigenvalue weighted by atomic mass is 35.5.